The molecule has 1 N–H and O–H groups in total. The van der Waals surface area contributed by atoms with Crippen LogP contribution in [0.25, 0.3) is 0 Å². The van der Waals surface area contributed by atoms with Crippen LogP contribution in [0, 0.1) is 0 Å². The van der Waals surface area contributed by atoms with Crippen LogP contribution in [0.4, 0.5) is 0 Å². The minimum atomic E-state index is -1.38. The summed E-state index contributed by atoms with van der Waals surface area (Å²) >= 11 is -1.38. The average molecular weight is 281 g/mol. The largest absolute Gasteiger partial charge is 0.307 e. The van der Waals surface area contributed by atoms with Crippen LogP contribution in [0.5, 0.6) is 0 Å². The molecular weight excluding hydrogens is 258 g/mol. The van der Waals surface area contributed by atoms with Gasteiger partial charge in [-0.3, -0.25) is 4.18 Å². The molecule has 3 nitrogen and oxygen atoms in total. The van der Waals surface area contributed by atoms with Gasteiger partial charge in [0.25, 0.3) is 0 Å². The number of benzene rings is 1. The van der Waals surface area contributed by atoms with Gasteiger partial charge in [-0.1, -0.05) is 18.2 Å². The van der Waals surface area contributed by atoms with Crippen molar-refractivity contribution < 1.29 is 8.39 Å². The first kappa shape index (κ1) is 14.7. The van der Waals surface area contributed by atoms with Crippen LogP contribution < -0.4 is 5.32 Å². The van der Waals surface area contributed by atoms with Crippen LogP contribution in [0.15, 0.2) is 35.2 Å². The van der Waals surface area contributed by atoms with E-state index in [-0.39, 0.29) is 17.2 Å². The zero-order chi connectivity index (χ0) is 14.1. The summed E-state index contributed by atoms with van der Waals surface area (Å²) < 4.78 is 18.0. The molecule has 1 aliphatic heterocycles. The van der Waals surface area contributed by atoms with Gasteiger partial charge >= 0.3 is 0 Å². The highest BCUT2D eigenvalue weighted by Crippen LogP contribution is 2.31. The summed E-state index contributed by atoms with van der Waals surface area (Å²) in [6.45, 7) is 8.65. The molecular formula is C15H23NO2S. The molecule has 1 saturated heterocycles. The van der Waals surface area contributed by atoms with Gasteiger partial charge in [-0.05, 0) is 52.7 Å². The Bertz CT molecular complexity index is 440. The number of hydrogen-bond donors (Lipinski definition) is 1. The van der Waals surface area contributed by atoms with Gasteiger partial charge in [0.2, 0.25) is 0 Å². The van der Waals surface area contributed by atoms with Crippen molar-refractivity contribution in [3.63, 3.8) is 0 Å². The number of hydrogen-bond acceptors (Lipinski definition) is 3. The zero-order valence-electron chi connectivity index (χ0n) is 12.1. The maximum atomic E-state index is 12.2. The fraction of sp³-hybridized carbons (Fsp3) is 0.600. The van der Waals surface area contributed by atoms with Crippen LogP contribution in [0.2, 0.25) is 0 Å². The molecule has 0 aliphatic carbocycles. The summed E-state index contributed by atoms with van der Waals surface area (Å²) in [4.78, 5) is 0.733. The quantitative estimate of drug-likeness (QED) is 0.925. The van der Waals surface area contributed by atoms with E-state index in [2.05, 4.69) is 33.0 Å². The Balaban J connectivity index is 2.05. The molecule has 1 aromatic carbocycles. The van der Waals surface area contributed by atoms with Crippen LogP contribution in [0.1, 0.15) is 40.5 Å². The van der Waals surface area contributed by atoms with Crippen molar-refractivity contribution >= 4 is 11.1 Å². The maximum Gasteiger partial charge on any atom is 0.189 e. The molecule has 0 spiro atoms. The van der Waals surface area contributed by atoms with Crippen molar-refractivity contribution in [1.82, 2.24) is 5.32 Å². The van der Waals surface area contributed by atoms with E-state index in [1.807, 2.05) is 30.3 Å². The molecule has 1 aromatic rings. The number of rotatable bonds is 3. The molecule has 0 radical (unpaired) electrons. The highest BCUT2D eigenvalue weighted by molar-refractivity contribution is 7.80. The van der Waals surface area contributed by atoms with Gasteiger partial charge in [-0.25, -0.2) is 4.21 Å². The Hall–Kier alpha value is -0.710. The zero-order valence-corrected chi connectivity index (χ0v) is 12.9. The molecule has 1 heterocycles. The van der Waals surface area contributed by atoms with E-state index in [1.54, 1.807) is 0 Å². The highest BCUT2D eigenvalue weighted by atomic mass is 32.2. The number of piperidine rings is 1. The van der Waals surface area contributed by atoms with E-state index in [1.165, 1.54) is 0 Å². The van der Waals surface area contributed by atoms with Crippen molar-refractivity contribution in [1.29, 1.82) is 0 Å². The Morgan fingerprint density at radius 2 is 1.63 bits per heavy atom. The molecule has 0 amide bonds. The summed E-state index contributed by atoms with van der Waals surface area (Å²) in [5.41, 5.74) is 0.0145. The molecule has 0 saturated carbocycles. The second-order valence-electron chi connectivity index (χ2n) is 6.57. The van der Waals surface area contributed by atoms with Gasteiger partial charge < -0.3 is 5.32 Å². The van der Waals surface area contributed by atoms with Crippen LogP contribution in [-0.4, -0.2) is 21.4 Å². The third kappa shape index (κ3) is 4.13. The Labute approximate surface area is 118 Å². The standard InChI is InChI=1S/C15H23NO2S/c1-14(2)10-12(11-15(3,4)16-14)18-19(17)13-8-6-5-7-9-13/h5-9,12,16H,10-11H2,1-4H3. The van der Waals surface area contributed by atoms with Crippen LogP contribution in [-0.2, 0) is 15.3 Å². The van der Waals surface area contributed by atoms with Crippen LogP contribution >= 0.6 is 0 Å². The minimum Gasteiger partial charge on any atom is -0.307 e. The molecule has 19 heavy (non-hydrogen) atoms. The normalized spacial score (nSPS) is 24.0. The lowest BCUT2D eigenvalue weighted by molar-refractivity contribution is 0.0650. The van der Waals surface area contributed by atoms with E-state index in [0.29, 0.717) is 0 Å². The predicted molar refractivity (Wildman–Crippen MR) is 78.3 cm³/mol. The monoisotopic (exact) mass is 281 g/mol. The topological polar surface area (TPSA) is 38.3 Å². The molecule has 106 valence electrons. The Kier molecular flexibility index (Phi) is 4.14. The van der Waals surface area contributed by atoms with Crippen molar-refractivity contribution in [2.75, 3.05) is 0 Å². The van der Waals surface area contributed by atoms with Gasteiger partial charge in [0.15, 0.2) is 11.1 Å². The van der Waals surface area contributed by atoms with Crippen molar-refractivity contribution in [3.8, 4) is 0 Å². The summed E-state index contributed by atoms with van der Waals surface area (Å²) in [7, 11) is 0. The molecule has 0 bridgehead atoms. The summed E-state index contributed by atoms with van der Waals surface area (Å²) in [5.74, 6) is 0. The lowest BCUT2D eigenvalue weighted by Gasteiger charge is -2.45. The Morgan fingerprint density at radius 1 is 1.11 bits per heavy atom. The molecule has 1 unspecified atom stereocenters. The molecule has 2 rings (SSSR count). The molecule has 4 heteroatoms. The smallest absolute Gasteiger partial charge is 0.189 e. The van der Waals surface area contributed by atoms with E-state index in [9.17, 15) is 4.21 Å². The highest BCUT2D eigenvalue weighted by Gasteiger charge is 2.39. The van der Waals surface area contributed by atoms with E-state index >= 15 is 0 Å². The Morgan fingerprint density at radius 3 is 2.16 bits per heavy atom. The fourth-order valence-corrected chi connectivity index (χ4v) is 3.88. The molecule has 1 atom stereocenters. The third-order valence-electron chi connectivity index (χ3n) is 3.31. The first-order valence-electron chi connectivity index (χ1n) is 6.71. The first-order chi connectivity index (χ1) is 8.77. The number of nitrogens with one attached hydrogen (secondary N) is 1. The second kappa shape index (κ2) is 5.35. The van der Waals surface area contributed by atoms with Gasteiger partial charge in [0.05, 0.1) is 11.0 Å². The molecule has 1 fully saturated rings. The SMILES string of the molecule is CC1(C)CC(OS(=O)c2ccccc2)CC(C)(C)N1. The summed E-state index contributed by atoms with van der Waals surface area (Å²) in [6, 6.07) is 9.36. The van der Waals surface area contributed by atoms with E-state index in [0.717, 1.165) is 17.7 Å². The lowest BCUT2D eigenvalue weighted by Crippen LogP contribution is -2.59. The maximum absolute atomic E-state index is 12.2. The molecule has 0 aromatic heterocycles. The summed E-state index contributed by atoms with van der Waals surface area (Å²) in [6.07, 6.45) is 1.76. The summed E-state index contributed by atoms with van der Waals surface area (Å²) in [5, 5.41) is 3.60. The minimum absolute atomic E-state index is 0.00725. The second-order valence-corrected chi connectivity index (χ2v) is 7.70. The van der Waals surface area contributed by atoms with E-state index in [4.69, 9.17) is 4.18 Å². The lowest BCUT2D eigenvalue weighted by atomic mass is 9.81. The average Bonchev–Trinajstić information content (AvgIpc) is 2.25. The van der Waals surface area contributed by atoms with Gasteiger partial charge in [-0.2, -0.15) is 0 Å². The van der Waals surface area contributed by atoms with Crippen molar-refractivity contribution in [2.24, 2.45) is 0 Å². The van der Waals surface area contributed by atoms with Gasteiger partial charge in [0.1, 0.15) is 0 Å². The van der Waals surface area contributed by atoms with Crippen molar-refractivity contribution in [3.05, 3.63) is 30.3 Å². The van der Waals surface area contributed by atoms with Crippen molar-refractivity contribution in [2.45, 2.75) is 62.6 Å². The molecule has 1 aliphatic rings. The fourth-order valence-electron chi connectivity index (χ4n) is 3.01. The van der Waals surface area contributed by atoms with Crippen LogP contribution in [0.3, 0.4) is 0 Å². The van der Waals surface area contributed by atoms with Gasteiger partial charge in [-0.15, -0.1) is 0 Å². The predicted octanol–water partition coefficient (Wildman–Crippen LogP) is 3.04. The van der Waals surface area contributed by atoms with Gasteiger partial charge in [0, 0.05) is 11.1 Å². The first-order valence-corrected chi connectivity index (χ1v) is 7.78. The van der Waals surface area contributed by atoms with E-state index < -0.39 is 11.1 Å². The third-order valence-corrected chi connectivity index (χ3v) is 4.42.